The summed E-state index contributed by atoms with van der Waals surface area (Å²) in [6, 6.07) is 3.64. The first-order valence-corrected chi connectivity index (χ1v) is 3.63. The quantitative estimate of drug-likeness (QED) is 0.666. The maximum absolute atomic E-state index is 5.37. The number of nitrogens with two attached hydrogens (primary N) is 1. The van der Waals surface area contributed by atoms with Crippen LogP contribution in [0.2, 0.25) is 0 Å². The van der Waals surface area contributed by atoms with Gasteiger partial charge in [0.1, 0.15) is 5.75 Å². The first kappa shape index (κ1) is 8.96. The molecule has 4 nitrogen and oxygen atoms in total. The van der Waals surface area contributed by atoms with Gasteiger partial charge in [-0.25, -0.2) is 0 Å². The van der Waals surface area contributed by atoms with E-state index in [1.54, 1.807) is 13.3 Å². The van der Waals surface area contributed by atoms with E-state index in [-0.39, 0.29) is 6.79 Å². The van der Waals surface area contributed by atoms with E-state index in [1.165, 1.54) is 0 Å². The number of ether oxygens (including phenoxy) is 2. The summed E-state index contributed by atoms with van der Waals surface area (Å²) < 4.78 is 9.86. The lowest BCUT2D eigenvalue weighted by Gasteiger charge is -2.03. The minimum Gasteiger partial charge on any atom is -0.466 e. The molecule has 1 rings (SSSR count). The molecular weight excluding hydrogens is 156 g/mol. The van der Waals surface area contributed by atoms with Gasteiger partial charge in [-0.05, 0) is 12.1 Å². The van der Waals surface area contributed by atoms with Crippen LogP contribution < -0.4 is 10.5 Å². The van der Waals surface area contributed by atoms with Crippen molar-refractivity contribution in [2.45, 2.75) is 6.54 Å². The fourth-order valence-electron chi connectivity index (χ4n) is 0.744. The van der Waals surface area contributed by atoms with Crippen LogP contribution >= 0.6 is 0 Å². The van der Waals surface area contributed by atoms with Crippen molar-refractivity contribution in [2.24, 2.45) is 5.73 Å². The number of aromatic nitrogens is 1. The molecule has 0 fully saturated rings. The molecule has 0 unspecified atom stereocenters. The van der Waals surface area contributed by atoms with Crippen molar-refractivity contribution >= 4 is 0 Å². The lowest BCUT2D eigenvalue weighted by molar-refractivity contribution is 0.0508. The molecule has 0 aliphatic heterocycles. The van der Waals surface area contributed by atoms with Crippen molar-refractivity contribution in [3.63, 3.8) is 0 Å². The topological polar surface area (TPSA) is 57.4 Å². The molecule has 2 N–H and O–H groups in total. The van der Waals surface area contributed by atoms with Crippen molar-refractivity contribution in [1.29, 1.82) is 0 Å². The van der Waals surface area contributed by atoms with E-state index in [0.29, 0.717) is 12.3 Å². The molecule has 0 saturated heterocycles. The average Bonchev–Trinajstić information content (AvgIpc) is 2.15. The third-order valence-electron chi connectivity index (χ3n) is 1.35. The first-order chi connectivity index (χ1) is 5.86. The van der Waals surface area contributed by atoms with Crippen molar-refractivity contribution in [1.82, 2.24) is 4.98 Å². The third-order valence-corrected chi connectivity index (χ3v) is 1.35. The van der Waals surface area contributed by atoms with Crippen molar-refractivity contribution in [3.8, 4) is 5.75 Å². The highest BCUT2D eigenvalue weighted by atomic mass is 16.7. The van der Waals surface area contributed by atoms with E-state index in [9.17, 15) is 0 Å². The van der Waals surface area contributed by atoms with Crippen molar-refractivity contribution < 1.29 is 9.47 Å². The second-order valence-electron chi connectivity index (χ2n) is 2.24. The van der Waals surface area contributed by atoms with Gasteiger partial charge in [-0.1, -0.05) is 0 Å². The van der Waals surface area contributed by atoms with Crippen LogP contribution in [0.25, 0.3) is 0 Å². The number of nitrogens with zero attached hydrogens (tertiary/aromatic N) is 1. The Morgan fingerprint density at radius 2 is 2.33 bits per heavy atom. The monoisotopic (exact) mass is 168 g/mol. The maximum atomic E-state index is 5.37. The summed E-state index contributed by atoms with van der Waals surface area (Å²) in [5.74, 6) is 0.689. The van der Waals surface area contributed by atoms with Crippen LogP contribution in [-0.2, 0) is 11.3 Å². The lowest BCUT2D eigenvalue weighted by atomic mass is 10.3. The molecule has 0 saturated carbocycles. The summed E-state index contributed by atoms with van der Waals surface area (Å²) in [5.41, 5.74) is 6.22. The summed E-state index contributed by atoms with van der Waals surface area (Å²) in [6.07, 6.45) is 1.63. The van der Waals surface area contributed by atoms with Gasteiger partial charge in [-0.15, -0.1) is 0 Å². The van der Waals surface area contributed by atoms with Crippen molar-refractivity contribution in [3.05, 3.63) is 24.0 Å². The Bertz CT molecular complexity index is 223. The van der Waals surface area contributed by atoms with Gasteiger partial charge in [0.05, 0.1) is 11.9 Å². The Kier molecular flexibility index (Phi) is 3.50. The summed E-state index contributed by atoms with van der Waals surface area (Å²) in [6.45, 7) is 0.689. The number of hydrogen-bond donors (Lipinski definition) is 1. The van der Waals surface area contributed by atoms with Crippen LogP contribution in [0.3, 0.4) is 0 Å². The summed E-state index contributed by atoms with van der Waals surface area (Å²) in [5, 5.41) is 0. The minimum absolute atomic E-state index is 0.240. The second-order valence-corrected chi connectivity index (χ2v) is 2.24. The number of methoxy groups -OCH3 is 1. The molecule has 1 heterocycles. The second kappa shape index (κ2) is 4.69. The van der Waals surface area contributed by atoms with Gasteiger partial charge in [-0.3, -0.25) is 4.98 Å². The maximum Gasteiger partial charge on any atom is 0.188 e. The highest BCUT2D eigenvalue weighted by molar-refractivity contribution is 5.19. The zero-order valence-electron chi connectivity index (χ0n) is 6.99. The predicted molar refractivity (Wildman–Crippen MR) is 44.6 cm³/mol. The van der Waals surface area contributed by atoms with E-state index in [1.807, 2.05) is 12.1 Å². The van der Waals surface area contributed by atoms with Crippen LogP contribution in [0.5, 0.6) is 5.75 Å². The molecule has 0 bridgehead atoms. The standard InChI is InChI=1S/C8H12N2O2/c1-11-6-12-8-3-2-7(4-9)10-5-8/h2-3,5H,4,6,9H2,1H3. The SMILES string of the molecule is COCOc1ccc(CN)nc1. The van der Waals surface area contributed by atoms with Crippen LogP contribution in [0.1, 0.15) is 5.69 Å². The molecule has 12 heavy (non-hydrogen) atoms. The highest BCUT2D eigenvalue weighted by Crippen LogP contribution is 2.08. The van der Waals surface area contributed by atoms with E-state index >= 15 is 0 Å². The molecule has 4 heteroatoms. The van der Waals surface area contributed by atoms with Crippen LogP contribution in [0, 0.1) is 0 Å². The highest BCUT2D eigenvalue weighted by Gasteiger charge is 1.93. The molecule has 0 radical (unpaired) electrons. The fraction of sp³-hybridized carbons (Fsp3) is 0.375. The normalized spacial score (nSPS) is 9.83. The van der Waals surface area contributed by atoms with Crippen LogP contribution in [-0.4, -0.2) is 18.9 Å². The summed E-state index contributed by atoms with van der Waals surface area (Å²) in [4.78, 5) is 4.04. The van der Waals surface area contributed by atoms with Gasteiger partial charge in [0.25, 0.3) is 0 Å². The number of pyridine rings is 1. The Morgan fingerprint density at radius 3 is 2.83 bits per heavy atom. The molecule has 0 spiro atoms. The van der Waals surface area contributed by atoms with Gasteiger partial charge in [0.15, 0.2) is 6.79 Å². The minimum atomic E-state index is 0.240. The lowest BCUT2D eigenvalue weighted by Crippen LogP contribution is -2.01. The van der Waals surface area contributed by atoms with Gasteiger partial charge in [-0.2, -0.15) is 0 Å². The molecule has 0 aromatic carbocycles. The Labute approximate surface area is 71.3 Å². The fourth-order valence-corrected chi connectivity index (χ4v) is 0.744. The average molecular weight is 168 g/mol. The summed E-state index contributed by atoms with van der Waals surface area (Å²) in [7, 11) is 1.57. The molecule has 0 atom stereocenters. The van der Waals surface area contributed by atoms with Gasteiger partial charge >= 0.3 is 0 Å². The Hall–Kier alpha value is -1.13. The Morgan fingerprint density at radius 1 is 1.50 bits per heavy atom. The predicted octanol–water partition coefficient (Wildman–Crippen LogP) is 0.523. The van der Waals surface area contributed by atoms with Gasteiger partial charge in [0.2, 0.25) is 0 Å². The molecule has 66 valence electrons. The van der Waals surface area contributed by atoms with Crippen LogP contribution in [0.15, 0.2) is 18.3 Å². The van der Waals surface area contributed by atoms with E-state index in [4.69, 9.17) is 15.2 Å². The molecule has 0 aliphatic carbocycles. The van der Waals surface area contributed by atoms with Crippen molar-refractivity contribution in [2.75, 3.05) is 13.9 Å². The first-order valence-electron chi connectivity index (χ1n) is 3.63. The molecule has 0 amide bonds. The zero-order valence-corrected chi connectivity index (χ0v) is 6.99. The largest absolute Gasteiger partial charge is 0.466 e. The van der Waals surface area contributed by atoms with Gasteiger partial charge in [0, 0.05) is 13.7 Å². The molecule has 1 aromatic heterocycles. The number of rotatable bonds is 4. The van der Waals surface area contributed by atoms with E-state index < -0.39 is 0 Å². The van der Waals surface area contributed by atoms with E-state index in [2.05, 4.69) is 4.98 Å². The van der Waals surface area contributed by atoms with Crippen LogP contribution in [0.4, 0.5) is 0 Å². The van der Waals surface area contributed by atoms with E-state index in [0.717, 1.165) is 5.69 Å². The van der Waals surface area contributed by atoms with Gasteiger partial charge < -0.3 is 15.2 Å². The zero-order chi connectivity index (χ0) is 8.81. The smallest absolute Gasteiger partial charge is 0.188 e. The number of hydrogen-bond acceptors (Lipinski definition) is 4. The molecule has 1 aromatic rings. The Balaban J connectivity index is 2.53. The third kappa shape index (κ3) is 2.48. The summed E-state index contributed by atoms with van der Waals surface area (Å²) >= 11 is 0. The molecular formula is C8H12N2O2. The molecule has 0 aliphatic rings.